The number of aryl methyl sites for hydroxylation is 2. The van der Waals surface area contributed by atoms with E-state index >= 15 is 0 Å². The zero-order valence-corrected chi connectivity index (χ0v) is 14.2. The van der Waals surface area contributed by atoms with Crippen LogP contribution in [0.5, 0.6) is 5.75 Å². The van der Waals surface area contributed by atoms with Gasteiger partial charge in [-0.2, -0.15) is 5.10 Å². The summed E-state index contributed by atoms with van der Waals surface area (Å²) >= 11 is 0. The van der Waals surface area contributed by atoms with Crippen LogP contribution in [-0.2, 0) is 16.1 Å². The summed E-state index contributed by atoms with van der Waals surface area (Å²) in [5, 5.41) is 6.86. The van der Waals surface area contributed by atoms with Gasteiger partial charge in [0.1, 0.15) is 18.2 Å². The largest absolute Gasteiger partial charge is 0.489 e. The van der Waals surface area contributed by atoms with Crippen LogP contribution in [0.4, 0.5) is 10.1 Å². The fraction of sp³-hybridized carbons (Fsp3) is 0.444. The van der Waals surface area contributed by atoms with E-state index in [1.807, 2.05) is 13.1 Å². The second-order valence-corrected chi connectivity index (χ2v) is 6.17. The highest BCUT2D eigenvalue weighted by atomic mass is 19.1. The number of hydrogen-bond donors (Lipinski definition) is 1. The van der Waals surface area contributed by atoms with Gasteiger partial charge in [0.15, 0.2) is 0 Å². The summed E-state index contributed by atoms with van der Waals surface area (Å²) < 4.78 is 26.5. The third-order valence-electron chi connectivity index (χ3n) is 3.99. The normalized spacial score (nSPS) is 16.8. The van der Waals surface area contributed by atoms with Crippen LogP contribution in [0.2, 0.25) is 0 Å². The van der Waals surface area contributed by atoms with Crippen LogP contribution in [-0.4, -0.2) is 35.0 Å². The average molecular weight is 347 g/mol. The SMILES string of the molecule is Cc1cnn(CCC(=O)Nc2cc(F)ccc2OCC2CCCO2)c1. The lowest BCUT2D eigenvalue weighted by Gasteiger charge is -2.15. The number of anilines is 1. The highest BCUT2D eigenvalue weighted by Crippen LogP contribution is 2.26. The number of ether oxygens (including phenoxy) is 2. The number of hydrogen-bond acceptors (Lipinski definition) is 4. The Bertz CT molecular complexity index is 726. The zero-order valence-electron chi connectivity index (χ0n) is 14.2. The minimum atomic E-state index is -0.428. The Morgan fingerprint density at radius 2 is 2.40 bits per heavy atom. The molecule has 1 saturated heterocycles. The summed E-state index contributed by atoms with van der Waals surface area (Å²) in [5.41, 5.74) is 1.37. The molecule has 7 heteroatoms. The Morgan fingerprint density at radius 3 is 3.12 bits per heavy atom. The minimum Gasteiger partial charge on any atom is -0.489 e. The predicted molar refractivity (Wildman–Crippen MR) is 91.1 cm³/mol. The van der Waals surface area contributed by atoms with Crippen molar-refractivity contribution in [2.24, 2.45) is 0 Å². The number of nitrogens with one attached hydrogen (secondary N) is 1. The molecule has 1 fully saturated rings. The first-order chi connectivity index (χ1) is 12.1. The van der Waals surface area contributed by atoms with Gasteiger partial charge < -0.3 is 14.8 Å². The fourth-order valence-electron chi connectivity index (χ4n) is 2.70. The molecule has 6 nitrogen and oxygen atoms in total. The van der Waals surface area contributed by atoms with Crippen molar-refractivity contribution >= 4 is 11.6 Å². The molecule has 2 heterocycles. The predicted octanol–water partition coefficient (Wildman–Crippen LogP) is 2.92. The van der Waals surface area contributed by atoms with Crippen molar-refractivity contribution in [3.63, 3.8) is 0 Å². The number of halogens is 1. The maximum Gasteiger partial charge on any atom is 0.226 e. The van der Waals surface area contributed by atoms with Crippen LogP contribution in [0.15, 0.2) is 30.6 Å². The summed E-state index contributed by atoms with van der Waals surface area (Å²) in [7, 11) is 0. The third kappa shape index (κ3) is 5.03. The van der Waals surface area contributed by atoms with Gasteiger partial charge in [0.05, 0.1) is 18.0 Å². The van der Waals surface area contributed by atoms with Gasteiger partial charge in [-0.25, -0.2) is 4.39 Å². The standard InChI is InChI=1S/C18H22FN3O3/c1-13-10-20-22(11-13)7-6-18(23)21-16-9-14(19)4-5-17(16)25-12-15-3-2-8-24-15/h4-5,9-11,15H,2-3,6-8,12H2,1H3,(H,21,23). The molecule has 1 aliphatic heterocycles. The van der Waals surface area contributed by atoms with Crippen molar-refractivity contribution < 1.29 is 18.7 Å². The van der Waals surface area contributed by atoms with E-state index in [-0.39, 0.29) is 18.4 Å². The first kappa shape index (κ1) is 17.4. The Kier molecular flexibility index (Phi) is 5.65. The van der Waals surface area contributed by atoms with Crippen molar-refractivity contribution in [3.05, 3.63) is 42.0 Å². The molecule has 1 aliphatic rings. The van der Waals surface area contributed by atoms with E-state index in [0.29, 0.717) is 24.6 Å². The van der Waals surface area contributed by atoms with Gasteiger partial charge in [-0.1, -0.05) is 0 Å². The molecule has 0 spiro atoms. The lowest BCUT2D eigenvalue weighted by molar-refractivity contribution is -0.116. The Balaban J connectivity index is 1.57. The topological polar surface area (TPSA) is 65.4 Å². The molecular weight excluding hydrogens is 325 g/mol. The molecular formula is C18H22FN3O3. The molecule has 1 aromatic carbocycles. The number of benzene rings is 1. The van der Waals surface area contributed by atoms with Gasteiger partial charge in [-0.15, -0.1) is 0 Å². The van der Waals surface area contributed by atoms with Crippen molar-refractivity contribution in [1.82, 2.24) is 9.78 Å². The maximum absolute atomic E-state index is 13.5. The molecule has 0 bridgehead atoms. The van der Waals surface area contributed by atoms with Crippen LogP contribution in [0, 0.1) is 12.7 Å². The highest BCUT2D eigenvalue weighted by Gasteiger charge is 2.17. The summed E-state index contributed by atoms with van der Waals surface area (Å²) in [4.78, 5) is 12.2. The quantitative estimate of drug-likeness (QED) is 0.836. The van der Waals surface area contributed by atoms with Crippen LogP contribution in [0.3, 0.4) is 0 Å². The average Bonchev–Trinajstić information content (AvgIpc) is 3.24. The summed E-state index contributed by atoms with van der Waals surface area (Å²) in [6, 6.07) is 4.10. The number of amides is 1. The van der Waals surface area contributed by atoms with Crippen molar-refractivity contribution in [2.45, 2.75) is 38.8 Å². The molecule has 1 atom stereocenters. The van der Waals surface area contributed by atoms with E-state index in [0.717, 1.165) is 25.0 Å². The monoisotopic (exact) mass is 347 g/mol. The number of rotatable bonds is 7. The molecule has 1 unspecified atom stereocenters. The van der Waals surface area contributed by atoms with Crippen molar-refractivity contribution in [2.75, 3.05) is 18.5 Å². The number of nitrogens with zero attached hydrogens (tertiary/aromatic N) is 2. The zero-order chi connectivity index (χ0) is 17.6. The number of carbonyl (C=O) groups excluding carboxylic acids is 1. The second-order valence-electron chi connectivity index (χ2n) is 6.17. The number of aromatic nitrogens is 2. The van der Waals surface area contributed by atoms with Gasteiger partial charge in [0.25, 0.3) is 0 Å². The van der Waals surface area contributed by atoms with Crippen molar-refractivity contribution in [3.8, 4) is 5.75 Å². The smallest absolute Gasteiger partial charge is 0.226 e. The molecule has 134 valence electrons. The molecule has 1 aromatic heterocycles. The first-order valence-electron chi connectivity index (χ1n) is 8.43. The van der Waals surface area contributed by atoms with E-state index in [1.54, 1.807) is 10.9 Å². The molecule has 1 amide bonds. The first-order valence-corrected chi connectivity index (χ1v) is 8.43. The second kappa shape index (κ2) is 8.11. The van der Waals surface area contributed by atoms with Gasteiger partial charge in [0, 0.05) is 31.8 Å². The van der Waals surface area contributed by atoms with E-state index in [9.17, 15) is 9.18 Å². The highest BCUT2D eigenvalue weighted by molar-refractivity contribution is 5.92. The lowest BCUT2D eigenvalue weighted by atomic mass is 10.2. The maximum atomic E-state index is 13.5. The summed E-state index contributed by atoms with van der Waals surface area (Å²) in [6.45, 7) is 3.53. The Labute approximate surface area is 145 Å². The lowest BCUT2D eigenvalue weighted by Crippen LogP contribution is -2.19. The molecule has 0 saturated carbocycles. The molecule has 2 aromatic rings. The van der Waals surface area contributed by atoms with Gasteiger partial charge in [-0.05, 0) is 37.5 Å². The van der Waals surface area contributed by atoms with Crippen LogP contribution in [0.1, 0.15) is 24.8 Å². The van der Waals surface area contributed by atoms with E-state index in [2.05, 4.69) is 10.4 Å². The minimum absolute atomic E-state index is 0.0525. The van der Waals surface area contributed by atoms with Gasteiger partial charge >= 0.3 is 0 Å². The van der Waals surface area contributed by atoms with E-state index in [1.165, 1.54) is 18.2 Å². The van der Waals surface area contributed by atoms with Crippen molar-refractivity contribution in [1.29, 1.82) is 0 Å². The van der Waals surface area contributed by atoms with E-state index < -0.39 is 5.82 Å². The molecule has 3 rings (SSSR count). The molecule has 25 heavy (non-hydrogen) atoms. The molecule has 0 radical (unpaired) electrons. The summed E-state index contributed by atoms with van der Waals surface area (Å²) in [6.07, 6.45) is 5.87. The van der Waals surface area contributed by atoms with E-state index in [4.69, 9.17) is 9.47 Å². The molecule has 1 N–H and O–H groups in total. The van der Waals surface area contributed by atoms with Crippen LogP contribution < -0.4 is 10.1 Å². The Morgan fingerprint density at radius 1 is 1.52 bits per heavy atom. The number of carbonyl (C=O) groups is 1. The van der Waals surface area contributed by atoms with Crippen LogP contribution in [0.25, 0.3) is 0 Å². The fourth-order valence-corrected chi connectivity index (χ4v) is 2.70. The third-order valence-corrected chi connectivity index (χ3v) is 3.99. The van der Waals surface area contributed by atoms with Gasteiger partial charge in [-0.3, -0.25) is 9.48 Å². The molecule has 0 aliphatic carbocycles. The van der Waals surface area contributed by atoms with Gasteiger partial charge in [0.2, 0.25) is 5.91 Å². The Hall–Kier alpha value is -2.41. The summed E-state index contributed by atoms with van der Waals surface area (Å²) in [5.74, 6) is -0.205. The van der Waals surface area contributed by atoms with Crippen LogP contribution >= 0.6 is 0 Å².